The molecule has 34 heavy (non-hydrogen) atoms. The highest BCUT2D eigenvalue weighted by molar-refractivity contribution is 7.15. The first-order valence-electron chi connectivity index (χ1n) is 11.6. The van der Waals surface area contributed by atoms with E-state index < -0.39 is 5.97 Å². The van der Waals surface area contributed by atoms with Crippen LogP contribution in [0.5, 0.6) is 5.75 Å². The van der Waals surface area contributed by atoms with Gasteiger partial charge in [0.15, 0.2) is 0 Å². The molecule has 0 amide bonds. The number of carbonyl (C=O) groups is 1. The fourth-order valence-electron chi connectivity index (χ4n) is 4.15. The second-order valence-corrected chi connectivity index (χ2v) is 10.2. The van der Waals surface area contributed by atoms with Gasteiger partial charge in [-0.3, -0.25) is 4.79 Å². The maximum Gasteiger partial charge on any atom is 0.306 e. The van der Waals surface area contributed by atoms with Crippen molar-refractivity contribution in [3.05, 3.63) is 28.5 Å². The van der Waals surface area contributed by atoms with Crippen LogP contribution in [0.25, 0.3) is 11.4 Å². The van der Waals surface area contributed by atoms with Gasteiger partial charge in [0.05, 0.1) is 35.6 Å². The Bertz CT molecular complexity index is 1140. The van der Waals surface area contributed by atoms with Crippen LogP contribution in [-0.2, 0) is 24.8 Å². The van der Waals surface area contributed by atoms with Gasteiger partial charge in [-0.25, -0.2) is 9.67 Å². The summed E-state index contributed by atoms with van der Waals surface area (Å²) in [4.78, 5) is 16.1. The summed E-state index contributed by atoms with van der Waals surface area (Å²) >= 11 is 1.56. The van der Waals surface area contributed by atoms with E-state index in [0.717, 1.165) is 40.8 Å². The maximum atomic E-state index is 11.3. The van der Waals surface area contributed by atoms with Gasteiger partial charge in [-0.2, -0.15) is 0 Å². The van der Waals surface area contributed by atoms with Crippen LogP contribution in [0.4, 0.5) is 5.13 Å². The smallest absolute Gasteiger partial charge is 0.306 e. The zero-order valence-electron chi connectivity index (χ0n) is 20.0. The molecule has 0 saturated heterocycles. The van der Waals surface area contributed by atoms with Gasteiger partial charge in [0.2, 0.25) is 5.13 Å². The molecule has 0 aromatic carbocycles. The number of nitrogens with zero attached hydrogens (tertiary/aromatic N) is 6. The fraction of sp³-hybridized carbons (Fsp3) is 0.565. The van der Waals surface area contributed by atoms with E-state index in [1.807, 2.05) is 26.1 Å². The highest BCUT2D eigenvalue weighted by Crippen LogP contribution is 2.30. The quantitative estimate of drug-likeness (QED) is 0.464. The number of pyridine rings is 1. The minimum Gasteiger partial charge on any atom is -0.489 e. The average molecular weight is 486 g/mol. The van der Waals surface area contributed by atoms with Crippen LogP contribution in [0, 0.1) is 18.8 Å². The SMILES string of the molecule is Cc1nc(-c2nnn(C)c2CNc2nnc(CC(C)C)s2)ccc1O[C@H]1CCC[C@H](C(=O)O)C1. The monoisotopic (exact) mass is 485 g/mol. The summed E-state index contributed by atoms with van der Waals surface area (Å²) in [6.45, 7) is 6.71. The van der Waals surface area contributed by atoms with Gasteiger partial charge in [-0.05, 0) is 50.7 Å². The molecule has 1 fully saturated rings. The summed E-state index contributed by atoms with van der Waals surface area (Å²) in [5, 5.41) is 31.4. The van der Waals surface area contributed by atoms with E-state index in [9.17, 15) is 9.90 Å². The molecule has 1 aliphatic rings. The van der Waals surface area contributed by atoms with Gasteiger partial charge in [-0.15, -0.1) is 15.3 Å². The van der Waals surface area contributed by atoms with Gasteiger partial charge in [0.1, 0.15) is 16.5 Å². The molecule has 0 spiro atoms. The molecule has 2 N–H and O–H groups in total. The third kappa shape index (κ3) is 5.69. The van der Waals surface area contributed by atoms with Crippen molar-refractivity contribution in [1.29, 1.82) is 0 Å². The van der Waals surface area contributed by atoms with Crippen molar-refractivity contribution >= 4 is 22.4 Å². The first kappa shape index (κ1) is 24.1. The number of ether oxygens (including phenoxy) is 1. The molecular weight excluding hydrogens is 454 g/mol. The Hall–Kier alpha value is -3.08. The Balaban J connectivity index is 1.45. The molecule has 0 aliphatic heterocycles. The Labute approximate surface area is 202 Å². The van der Waals surface area contributed by atoms with Gasteiger partial charge in [-0.1, -0.05) is 30.4 Å². The molecule has 2 atom stereocenters. The lowest BCUT2D eigenvalue weighted by Crippen LogP contribution is -2.29. The average Bonchev–Trinajstić information content (AvgIpc) is 3.39. The van der Waals surface area contributed by atoms with Crippen LogP contribution in [0.15, 0.2) is 12.1 Å². The van der Waals surface area contributed by atoms with E-state index in [1.54, 1.807) is 16.0 Å². The number of aromatic nitrogens is 6. The molecule has 3 heterocycles. The number of hydrogen-bond donors (Lipinski definition) is 2. The van der Waals surface area contributed by atoms with Crippen molar-refractivity contribution in [2.24, 2.45) is 18.9 Å². The number of aryl methyl sites for hydroxylation is 2. The summed E-state index contributed by atoms with van der Waals surface area (Å²) in [6.07, 6.45) is 3.76. The van der Waals surface area contributed by atoms with Crippen LogP contribution in [0.3, 0.4) is 0 Å². The second kappa shape index (κ2) is 10.5. The van der Waals surface area contributed by atoms with E-state index in [0.29, 0.717) is 42.4 Å². The van der Waals surface area contributed by atoms with Gasteiger partial charge >= 0.3 is 5.97 Å². The van der Waals surface area contributed by atoms with E-state index in [2.05, 4.69) is 39.7 Å². The Morgan fingerprint density at radius 3 is 2.85 bits per heavy atom. The van der Waals surface area contributed by atoms with Gasteiger partial charge < -0.3 is 15.2 Å². The largest absolute Gasteiger partial charge is 0.489 e. The first-order valence-corrected chi connectivity index (χ1v) is 12.4. The summed E-state index contributed by atoms with van der Waals surface area (Å²) in [7, 11) is 1.85. The predicted molar refractivity (Wildman–Crippen MR) is 129 cm³/mol. The molecule has 3 aromatic rings. The molecule has 182 valence electrons. The van der Waals surface area contributed by atoms with Crippen LogP contribution >= 0.6 is 11.3 Å². The Morgan fingerprint density at radius 2 is 2.12 bits per heavy atom. The number of anilines is 1. The third-order valence-electron chi connectivity index (χ3n) is 5.95. The molecule has 4 rings (SSSR count). The molecule has 1 saturated carbocycles. The highest BCUT2D eigenvalue weighted by Gasteiger charge is 2.28. The third-order valence-corrected chi connectivity index (χ3v) is 6.85. The molecule has 3 aromatic heterocycles. The lowest BCUT2D eigenvalue weighted by molar-refractivity contribution is -0.143. The molecule has 0 bridgehead atoms. The number of hydrogen-bond acceptors (Lipinski definition) is 9. The molecule has 10 nitrogen and oxygen atoms in total. The molecule has 1 aliphatic carbocycles. The number of aliphatic carboxylic acids is 1. The van der Waals surface area contributed by atoms with Crippen molar-refractivity contribution in [3.63, 3.8) is 0 Å². The van der Waals surface area contributed by atoms with E-state index in [4.69, 9.17) is 9.72 Å². The van der Waals surface area contributed by atoms with Crippen molar-refractivity contribution < 1.29 is 14.6 Å². The van der Waals surface area contributed by atoms with Crippen LogP contribution < -0.4 is 10.1 Å². The molecular formula is C23H31N7O3S. The Kier molecular flexibility index (Phi) is 7.40. The summed E-state index contributed by atoms with van der Waals surface area (Å²) in [5.41, 5.74) is 3.03. The maximum absolute atomic E-state index is 11.3. The van der Waals surface area contributed by atoms with Crippen molar-refractivity contribution in [3.8, 4) is 17.1 Å². The minimum absolute atomic E-state index is 0.107. The molecule has 0 unspecified atom stereocenters. The number of rotatable bonds is 9. The van der Waals surface area contributed by atoms with E-state index >= 15 is 0 Å². The van der Waals surface area contributed by atoms with Crippen LogP contribution in [0.1, 0.15) is 55.9 Å². The minimum atomic E-state index is -0.744. The van der Waals surface area contributed by atoms with Crippen molar-refractivity contribution in [2.75, 3.05) is 5.32 Å². The van der Waals surface area contributed by atoms with E-state index in [-0.39, 0.29) is 12.0 Å². The second-order valence-electron chi connectivity index (χ2n) is 9.18. The van der Waals surface area contributed by atoms with Gasteiger partial charge in [0, 0.05) is 13.5 Å². The summed E-state index contributed by atoms with van der Waals surface area (Å²) in [5.74, 6) is 0.129. The summed E-state index contributed by atoms with van der Waals surface area (Å²) < 4.78 is 7.86. The van der Waals surface area contributed by atoms with Crippen LogP contribution in [-0.4, -0.2) is 47.4 Å². The normalized spacial score (nSPS) is 18.3. The molecule has 0 radical (unpaired) electrons. The first-order chi connectivity index (χ1) is 16.3. The fourth-order valence-corrected chi connectivity index (χ4v) is 5.10. The molecule has 11 heteroatoms. The topological polar surface area (TPSA) is 128 Å². The zero-order valence-corrected chi connectivity index (χ0v) is 20.8. The zero-order chi connectivity index (χ0) is 24.2. The number of carboxylic acid groups (broad SMARTS) is 1. The van der Waals surface area contributed by atoms with Crippen molar-refractivity contribution in [1.82, 2.24) is 30.2 Å². The van der Waals surface area contributed by atoms with Crippen LogP contribution in [0.2, 0.25) is 0 Å². The number of carboxylic acids is 1. The van der Waals surface area contributed by atoms with Crippen molar-refractivity contribution in [2.45, 2.75) is 65.5 Å². The lowest BCUT2D eigenvalue weighted by atomic mass is 9.87. The Morgan fingerprint density at radius 1 is 1.29 bits per heavy atom. The number of nitrogens with one attached hydrogen (secondary N) is 1. The van der Waals surface area contributed by atoms with Gasteiger partial charge in [0.25, 0.3) is 0 Å². The summed E-state index contributed by atoms with van der Waals surface area (Å²) in [6, 6.07) is 3.76. The standard InChI is InChI=1S/C23H31N7O3S/c1-13(2)10-20-26-28-23(34-20)24-12-18-21(27-29-30(18)4)17-8-9-19(14(3)25-17)33-16-7-5-6-15(11-16)22(31)32/h8-9,13,15-16H,5-7,10-12H2,1-4H3,(H,24,28)(H,31,32)/t15-,16-/m0/s1. The lowest BCUT2D eigenvalue weighted by Gasteiger charge is -2.27. The predicted octanol–water partition coefficient (Wildman–Crippen LogP) is 3.87. The van der Waals surface area contributed by atoms with E-state index in [1.165, 1.54) is 0 Å². The highest BCUT2D eigenvalue weighted by atomic mass is 32.1.